The highest BCUT2D eigenvalue weighted by Crippen LogP contribution is 2.27. The number of rotatable bonds is 6. The summed E-state index contributed by atoms with van der Waals surface area (Å²) >= 11 is 6.08. The molecule has 0 amide bonds. The molecule has 2 aromatic rings. The van der Waals surface area contributed by atoms with Gasteiger partial charge in [-0.25, -0.2) is 0 Å². The van der Waals surface area contributed by atoms with Crippen LogP contribution >= 0.6 is 11.6 Å². The van der Waals surface area contributed by atoms with Crippen LogP contribution in [-0.4, -0.2) is 19.2 Å². The number of benzene rings is 2. The molecule has 0 bridgehead atoms. The molecule has 0 radical (unpaired) electrons. The molecule has 3 rings (SSSR count). The molecule has 1 fully saturated rings. The molecule has 0 spiro atoms. The Morgan fingerprint density at radius 1 is 1.21 bits per heavy atom. The number of hydrogen-bond donors (Lipinski definition) is 2. The van der Waals surface area contributed by atoms with Crippen LogP contribution in [0.5, 0.6) is 5.75 Å². The molecule has 1 heterocycles. The van der Waals surface area contributed by atoms with Gasteiger partial charge in [-0.1, -0.05) is 41.9 Å². The minimum Gasteiger partial charge on any atom is -0.434 e. The van der Waals surface area contributed by atoms with E-state index in [0.29, 0.717) is 11.6 Å². The third-order valence-electron chi connectivity index (χ3n) is 4.17. The van der Waals surface area contributed by atoms with E-state index in [0.717, 1.165) is 24.1 Å². The van der Waals surface area contributed by atoms with Gasteiger partial charge in [0.15, 0.2) is 0 Å². The van der Waals surface area contributed by atoms with Crippen molar-refractivity contribution in [3.8, 4) is 5.75 Å². The van der Waals surface area contributed by atoms with Crippen molar-refractivity contribution >= 4 is 11.6 Å². The summed E-state index contributed by atoms with van der Waals surface area (Å²) in [6.07, 6.45) is 0.953. The highest BCUT2D eigenvalue weighted by atomic mass is 35.5. The predicted octanol–water partition coefficient (Wildman–Crippen LogP) is 4.13. The van der Waals surface area contributed by atoms with Gasteiger partial charge in [-0.15, -0.1) is 0 Å². The topological polar surface area (TPSA) is 33.3 Å². The van der Waals surface area contributed by atoms with Crippen LogP contribution in [0.25, 0.3) is 0 Å². The summed E-state index contributed by atoms with van der Waals surface area (Å²) < 4.78 is 29.6. The van der Waals surface area contributed by atoms with E-state index in [-0.39, 0.29) is 17.8 Å². The molecule has 1 aliphatic rings. The molecule has 0 saturated carbocycles. The minimum atomic E-state index is -2.82. The Kier molecular flexibility index (Phi) is 5.66. The number of nitrogens with one attached hydrogen (secondary N) is 2. The fourth-order valence-electron chi connectivity index (χ4n) is 3.08. The molecule has 0 aromatic heterocycles. The fourth-order valence-corrected chi connectivity index (χ4v) is 3.27. The quantitative estimate of drug-likeness (QED) is 0.820. The Morgan fingerprint density at radius 3 is 2.83 bits per heavy atom. The maximum Gasteiger partial charge on any atom is 0.387 e. The summed E-state index contributed by atoms with van der Waals surface area (Å²) in [5, 5.41) is 7.61. The Bertz CT molecular complexity index is 684. The molecule has 1 saturated heterocycles. The highest BCUT2D eigenvalue weighted by Gasteiger charge is 2.28. The SMILES string of the molecule is FC(F)Oc1ccccc1CN[C@@H]1CCN[C@@H]1c1cccc(Cl)c1. The number of para-hydroxylation sites is 1. The smallest absolute Gasteiger partial charge is 0.387 e. The van der Waals surface area contributed by atoms with Gasteiger partial charge in [-0.05, 0) is 36.7 Å². The summed E-state index contributed by atoms with van der Waals surface area (Å²) in [7, 11) is 0. The second-order valence-electron chi connectivity index (χ2n) is 5.75. The van der Waals surface area contributed by atoms with Gasteiger partial charge in [0.2, 0.25) is 0 Å². The number of ether oxygens (including phenoxy) is 1. The van der Waals surface area contributed by atoms with Gasteiger partial charge >= 0.3 is 6.61 Å². The maximum absolute atomic E-state index is 12.5. The van der Waals surface area contributed by atoms with Gasteiger partial charge in [0.05, 0.1) is 0 Å². The van der Waals surface area contributed by atoms with Crippen LogP contribution in [0.3, 0.4) is 0 Å². The molecule has 1 aliphatic heterocycles. The minimum absolute atomic E-state index is 0.145. The van der Waals surface area contributed by atoms with E-state index in [1.807, 2.05) is 30.3 Å². The van der Waals surface area contributed by atoms with Crippen molar-refractivity contribution < 1.29 is 13.5 Å². The average Bonchev–Trinajstić information content (AvgIpc) is 3.02. The van der Waals surface area contributed by atoms with Crippen LogP contribution < -0.4 is 15.4 Å². The molecule has 0 unspecified atom stereocenters. The van der Waals surface area contributed by atoms with Crippen molar-refractivity contribution in [1.29, 1.82) is 0 Å². The van der Waals surface area contributed by atoms with Crippen molar-refractivity contribution in [3.63, 3.8) is 0 Å². The highest BCUT2D eigenvalue weighted by molar-refractivity contribution is 6.30. The lowest BCUT2D eigenvalue weighted by atomic mass is 10.0. The summed E-state index contributed by atoms with van der Waals surface area (Å²) in [4.78, 5) is 0. The van der Waals surface area contributed by atoms with Crippen LogP contribution in [0.1, 0.15) is 23.6 Å². The van der Waals surface area contributed by atoms with E-state index in [2.05, 4.69) is 15.4 Å². The van der Waals surface area contributed by atoms with E-state index >= 15 is 0 Å². The Balaban J connectivity index is 1.68. The molecule has 0 aliphatic carbocycles. The number of alkyl halides is 2. The van der Waals surface area contributed by atoms with E-state index in [1.54, 1.807) is 18.2 Å². The molecule has 2 atom stereocenters. The zero-order chi connectivity index (χ0) is 16.9. The monoisotopic (exact) mass is 352 g/mol. The van der Waals surface area contributed by atoms with E-state index in [9.17, 15) is 8.78 Å². The first kappa shape index (κ1) is 17.1. The van der Waals surface area contributed by atoms with Crippen molar-refractivity contribution in [2.75, 3.05) is 6.54 Å². The van der Waals surface area contributed by atoms with Gasteiger partial charge < -0.3 is 15.4 Å². The van der Waals surface area contributed by atoms with Crippen molar-refractivity contribution in [3.05, 3.63) is 64.7 Å². The Hall–Kier alpha value is -1.69. The third-order valence-corrected chi connectivity index (χ3v) is 4.41. The lowest BCUT2D eigenvalue weighted by molar-refractivity contribution is -0.0505. The third kappa shape index (κ3) is 4.23. The molecule has 6 heteroatoms. The normalized spacial score (nSPS) is 20.5. The molecular weight excluding hydrogens is 334 g/mol. The van der Waals surface area contributed by atoms with Gasteiger partial charge in [0.1, 0.15) is 5.75 Å². The first-order valence-electron chi connectivity index (χ1n) is 7.88. The fraction of sp³-hybridized carbons (Fsp3) is 0.333. The molecule has 24 heavy (non-hydrogen) atoms. The molecule has 2 N–H and O–H groups in total. The van der Waals surface area contributed by atoms with Crippen molar-refractivity contribution in [2.24, 2.45) is 0 Å². The zero-order valence-corrected chi connectivity index (χ0v) is 13.8. The van der Waals surface area contributed by atoms with Gasteiger partial charge in [0, 0.05) is 29.2 Å². The van der Waals surface area contributed by atoms with Crippen LogP contribution in [0.15, 0.2) is 48.5 Å². The van der Waals surface area contributed by atoms with E-state index in [1.165, 1.54) is 0 Å². The first-order chi connectivity index (χ1) is 11.6. The van der Waals surface area contributed by atoms with Gasteiger partial charge in [-0.2, -0.15) is 8.78 Å². The average molecular weight is 353 g/mol. The zero-order valence-electron chi connectivity index (χ0n) is 13.0. The van der Waals surface area contributed by atoms with Crippen molar-refractivity contribution in [2.45, 2.75) is 31.7 Å². The Morgan fingerprint density at radius 2 is 2.04 bits per heavy atom. The van der Waals surface area contributed by atoms with Gasteiger partial charge in [-0.3, -0.25) is 0 Å². The van der Waals surface area contributed by atoms with Crippen LogP contribution in [0.2, 0.25) is 5.02 Å². The standard InChI is InChI=1S/C18H19ClF2N2O/c19-14-6-3-5-12(10-14)17-15(8-9-22-17)23-11-13-4-1-2-7-16(13)24-18(20)21/h1-7,10,15,17-18,22-23H,8-9,11H2/t15-,17-/m1/s1. The maximum atomic E-state index is 12.5. The van der Waals surface area contributed by atoms with Crippen molar-refractivity contribution in [1.82, 2.24) is 10.6 Å². The number of hydrogen-bond acceptors (Lipinski definition) is 3. The largest absolute Gasteiger partial charge is 0.434 e. The molecule has 3 nitrogen and oxygen atoms in total. The summed E-state index contributed by atoms with van der Waals surface area (Å²) in [5.41, 5.74) is 1.84. The molecular formula is C18H19ClF2N2O. The second kappa shape index (κ2) is 7.92. The second-order valence-corrected chi connectivity index (χ2v) is 6.19. The Labute approximate surface area is 145 Å². The van der Waals surface area contributed by atoms with E-state index < -0.39 is 6.61 Å². The van der Waals surface area contributed by atoms with E-state index in [4.69, 9.17) is 11.6 Å². The number of halogens is 3. The lowest BCUT2D eigenvalue weighted by Crippen LogP contribution is -2.34. The first-order valence-corrected chi connectivity index (χ1v) is 8.26. The summed E-state index contributed by atoms with van der Waals surface area (Å²) in [6.45, 7) is -1.46. The van der Waals surface area contributed by atoms with Crippen LogP contribution in [0.4, 0.5) is 8.78 Å². The molecule has 128 valence electrons. The summed E-state index contributed by atoms with van der Waals surface area (Å²) in [6, 6.07) is 15.0. The van der Waals surface area contributed by atoms with Crippen LogP contribution in [0, 0.1) is 0 Å². The molecule has 2 aromatic carbocycles. The predicted molar refractivity (Wildman–Crippen MR) is 90.5 cm³/mol. The van der Waals surface area contributed by atoms with Gasteiger partial charge in [0.25, 0.3) is 0 Å². The lowest BCUT2D eigenvalue weighted by Gasteiger charge is -2.22. The summed E-state index contributed by atoms with van der Waals surface area (Å²) in [5.74, 6) is 0.213. The van der Waals surface area contributed by atoms with Crippen LogP contribution in [-0.2, 0) is 6.54 Å².